The average Bonchev–Trinajstić information content (AvgIpc) is 2.44. The van der Waals surface area contributed by atoms with E-state index in [4.69, 9.17) is 4.74 Å². The van der Waals surface area contributed by atoms with Gasteiger partial charge in [0.15, 0.2) is 0 Å². The van der Waals surface area contributed by atoms with E-state index in [0.29, 0.717) is 19.8 Å². The van der Waals surface area contributed by atoms with Gasteiger partial charge in [-0.3, -0.25) is 10.1 Å². The number of rotatable bonds is 9. The molecule has 1 aromatic rings. The predicted octanol–water partition coefficient (Wildman–Crippen LogP) is 2.89. The van der Waals surface area contributed by atoms with Crippen LogP contribution < -0.4 is 10.2 Å². The number of nitro groups is 1. The predicted molar refractivity (Wildman–Crippen MR) is 81.6 cm³/mol. The monoisotopic (exact) mass is 281 g/mol. The molecule has 0 radical (unpaired) electrons. The van der Waals surface area contributed by atoms with Gasteiger partial charge >= 0.3 is 0 Å². The molecule has 0 fully saturated rings. The van der Waals surface area contributed by atoms with Crippen molar-refractivity contribution in [2.24, 2.45) is 0 Å². The Morgan fingerprint density at radius 2 is 2.10 bits per heavy atom. The highest BCUT2D eigenvalue weighted by Gasteiger charge is 2.12. The van der Waals surface area contributed by atoms with Crippen LogP contribution in [0.15, 0.2) is 18.2 Å². The summed E-state index contributed by atoms with van der Waals surface area (Å²) in [6.45, 7) is 6.77. The fourth-order valence-electron chi connectivity index (χ4n) is 1.77. The van der Waals surface area contributed by atoms with Crippen LogP contribution in [0.5, 0.6) is 0 Å². The molecular weight excluding hydrogens is 258 g/mol. The van der Waals surface area contributed by atoms with Crippen LogP contribution in [-0.4, -0.2) is 38.3 Å². The Morgan fingerprint density at radius 3 is 2.70 bits per heavy atom. The molecule has 0 saturated carbocycles. The van der Waals surface area contributed by atoms with Gasteiger partial charge in [0.05, 0.1) is 11.5 Å². The van der Waals surface area contributed by atoms with Crippen LogP contribution in [0.1, 0.15) is 20.3 Å². The second-order valence-corrected chi connectivity index (χ2v) is 4.54. The number of non-ortho nitro benzene ring substituents is 1. The van der Waals surface area contributed by atoms with E-state index in [-0.39, 0.29) is 10.6 Å². The van der Waals surface area contributed by atoms with Crippen LogP contribution >= 0.6 is 0 Å². The molecule has 1 N–H and O–H groups in total. The fraction of sp³-hybridized carbons (Fsp3) is 0.571. The average molecular weight is 281 g/mol. The number of nitrogens with one attached hydrogen (secondary N) is 1. The first-order valence-electron chi connectivity index (χ1n) is 6.90. The van der Waals surface area contributed by atoms with Crippen LogP contribution in [0.2, 0.25) is 0 Å². The maximum atomic E-state index is 11.0. The van der Waals surface area contributed by atoms with E-state index in [0.717, 1.165) is 24.3 Å². The summed E-state index contributed by atoms with van der Waals surface area (Å²) in [5, 5.41) is 14.2. The van der Waals surface area contributed by atoms with Gasteiger partial charge in [0.2, 0.25) is 0 Å². The van der Waals surface area contributed by atoms with Gasteiger partial charge in [-0.2, -0.15) is 0 Å². The maximum Gasteiger partial charge on any atom is 0.273 e. The van der Waals surface area contributed by atoms with Crippen molar-refractivity contribution < 1.29 is 9.66 Å². The van der Waals surface area contributed by atoms with Gasteiger partial charge in [-0.05, 0) is 19.4 Å². The van der Waals surface area contributed by atoms with E-state index < -0.39 is 0 Å². The van der Waals surface area contributed by atoms with E-state index in [1.165, 1.54) is 0 Å². The lowest BCUT2D eigenvalue weighted by Crippen LogP contribution is -2.22. The minimum Gasteiger partial charge on any atom is -0.385 e. The zero-order chi connectivity index (χ0) is 15.0. The van der Waals surface area contributed by atoms with Crippen molar-refractivity contribution in [3.63, 3.8) is 0 Å². The van der Waals surface area contributed by atoms with Crippen molar-refractivity contribution >= 4 is 17.1 Å². The lowest BCUT2D eigenvalue weighted by Gasteiger charge is -2.20. The number of anilines is 2. The van der Waals surface area contributed by atoms with Crippen LogP contribution in [0.4, 0.5) is 17.1 Å². The van der Waals surface area contributed by atoms with Crippen molar-refractivity contribution in [3.8, 4) is 0 Å². The summed E-state index contributed by atoms with van der Waals surface area (Å²) in [6, 6.07) is 5.08. The molecule has 0 aliphatic heterocycles. The molecule has 0 amide bonds. The quantitative estimate of drug-likeness (QED) is 0.428. The van der Waals surface area contributed by atoms with Gasteiger partial charge in [-0.25, -0.2) is 0 Å². The van der Waals surface area contributed by atoms with E-state index in [9.17, 15) is 10.1 Å². The topological polar surface area (TPSA) is 67.6 Å². The minimum absolute atomic E-state index is 0.101. The number of nitro benzene ring substituents is 1. The summed E-state index contributed by atoms with van der Waals surface area (Å²) in [5.41, 5.74) is 1.70. The summed E-state index contributed by atoms with van der Waals surface area (Å²) < 4.78 is 5.31. The molecule has 20 heavy (non-hydrogen) atoms. The van der Waals surface area contributed by atoms with E-state index in [1.54, 1.807) is 12.1 Å². The second-order valence-electron chi connectivity index (χ2n) is 4.54. The first-order chi connectivity index (χ1) is 9.58. The van der Waals surface area contributed by atoms with Crippen molar-refractivity contribution in [2.75, 3.05) is 43.6 Å². The van der Waals surface area contributed by atoms with Gasteiger partial charge in [-0.15, -0.1) is 0 Å². The van der Waals surface area contributed by atoms with Crippen LogP contribution in [0.3, 0.4) is 0 Å². The van der Waals surface area contributed by atoms with Crippen LogP contribution in [0.25, 0.3) is 0 Å². The number of nitrogens with zero attached hydrogens (tertiary/aromatic N) is 2. The van der Waals surface area contributed by atoms with Crippen molar-refractivity contribution in [1.29, 1.82) is 0 Å². The van der Waals surface area contributed by atoms with Gasteiger partial charge in [0.25, 0.3) is 5.69 Å². The third kappa shape index (κ3) is 5.05. The normalized spacial score (nSPS) is 10.3. The summed E-state index contributed by atoms with van der Waals surface area (Å²) >= 11 is 0. The van der Waals surface area contributed by atoms with Gasteiger partial charge < -0.3 is 15.0 Å². The van der Waals surface area contributed by atoms with Crippen molar-refractivity contribution in [3.05, 3.63) is 28.3 Å². The standard InChI is InChI=1S/C14H23N3O3/c1-4-6-15-12-9-13(11-14(10-12)17(18)19)16(3)7-8-20-5-2/h9-11,15H,4-8H2,1-3H3. The molecule has 0 aliphatic carbocycles. The number of ether oxygens (including phenoxy) is 1. The number of likely N-dealkylation sites (N-methyl/N-ethyl adjacent to an activating group) is 1. The highest BCUT2D eigenvalue weighted by Crippen LogP contribution is 2.26. The maximum absolute atomic E-state index is 11.0. The van der Waals surface area contributed by atoms with Gasteiger partial charge in [-0.1, -0.05) is 6.92 Å². The molecule has 0 spiro atoms. The summed E-state index contributed by atoms with van der Waals surface area (Å²) in [5.74, 6) is 0. The Morgan fingerprint density at radius 1 is 1.35 bits per heavy atom. The molecule has 1 aromatic carbocycles. The molecule has 0 aliphatic rings. The van der Waals surface area contributed by atoms with E-state index in [1.807, 2.05) is 24.9 Å². The molecule has 0 saturated heterocycles. The largest absolute Gasteiger partial charge is 0.385 e. The Bertz CT molecular complexity index is 438. The Hall–Kier alpha value is -1.82. The molecule has 1 rings (SSSR count). The Balaban J connectivity index is 2.86. The Kier molecular flexibility index (Phi) is 6.79. The summed E-state index contributed by atoms with van der Waals surface area (Å²) in [7, 11) is 1.90. The highest BCUT2D eigenvalue weighted by atomic mass is 16.6. The van der Waals surface area contributed by atoms with E-state index >= 15 is 0 Å². The van der Waals surface area contributed by atoms with Crippen LogP contribution in [0, 0.1) is 10.1 Å². The third-order valence-corrected chi connectivity index (χ3v) is 2.91. The van der Waals surface area contributed by atoms with Crippen LogP contribution in [-0.2, 0) is 4.74 Å². The molecule has 6 nitrogen and oxygen atoms in total. The third-order valence-electron chi connectivity index (χ3n) is 2.91. The smallest absolute Gasteiger partial charge is 0.273 e. The minimum atomic E-state index is -0.364. The molecule has 0 aromatic heterocycles. The molecule has 6 heteroatoms. The highest BCUT2D eigenvalue weighted by molar-refractivity contribution is 5.64. The molecule has 0 heterocycles. The molecule has 0 bridgehead atoms. The lowest BCUT2D eigenvalue weighted by atomic mass is 10.2. The number of hydrogen-bond acceptors (Lipinski definition) is 5. The fourth-order valence-corrected chi connectivity index (χ4v) is 1.77. The van der Waals surface area contributed by atoms with Crippen molar-refractivity contribution in [2.45, 2.75) is 20.3 Å². The molecule has 112 valence electrons. The van der Waals surface area contributed by atoms with Gasteiger partial charge in [0.1, 0.15) is 0 Å². The molecular formula is C14H23N3O3. The van der Waals surface area contributed by atoms with Crippen molar-refractivity contribution in [1.82, 2.24) is 0 Å². The van der Waals surface area contributed by atoms with E-state index in [2.05, 4.69) is 12.2 Å². The lowest BCUT2D eigenvalue weighted by molar-refractivity contribution is -0.384. The second kappa shape index (κ2) is 8.37. The number of hydrogen-bond donors (Lipinski definition) is 1. The summed E-state index contributed by atoms with van der Waals surface area (Å²) in [4.78, 5) is 12.6. The SMILES string of the molecule is CCCNc1cc(N(C)CCOCC)cc([N+](=O)[O-])c1. The molecule has 0 atom stereocenters. The first-order valence-corrected chi connectivity index (χ1v) is 6.90. The first kappa shape index (κ1) is 16.2. The molecule has 0 unspecified atom stereocenters. The summed E-state index contributed by atoms with van der Waals surface area (Å²) in [6.07, 6.45) is 0.970. The zero-order valence-electron chi connectivity index (χ0n) is 12.4. The Labute approximate surface area is 119 Å². The number of benzene rings is 1. The zero-order valence-corrected chi connectivity index (χ0v) is 12.4. The van der Waals surface area contributed by atoms with Gasteiger partial charge in [0, 0.05) is 50.3 Å².